The van der Waals surface area contributed by atoms with Crippen molar-refractivity contribution >= 4 is 0 Å². The van der Waals surface area contributed by atoms with Crippen molar-refractivity contribution in [2.45, 2.75) is 45.6 Å². The fourth-order valence-electron chi connectivity index (χ4n) is 3.34. The summed E-state index contributed by atoms with van der Waals surface area (Å²) < 4.78 is 19.7. The highest BCUT2D eigenvalue weighted by Crippen LogP contribution is 2.40. The van der Waals surface area contributed by atoms with Gasteiger partial charge in [0.15, 0.2) is 0 Å². The average Bonchev–Trinajstić information content (AvgIpc) is 2.46. The maximum absolute atomic E-state index is 14.3. The second-order valence-corrected chi connectivity index (χ2v) is 5.91. The first-order chi connectivity index (χ1) is 9.67. The molecule has 2 rings (SSSR count). The second kappa shape index (κ2) is 7.07. The van der Waals surface area contributed by atoms with Crippen LogP contribution in [0.5, 0.6) is 5.75 Å². The molecule has 1 N–H and O–H groups in total. The standard InChI is InChI=1S/C17H26FNO/c1-4-19-17(13-10-8-12(2)9-11-13)16-14(18)6-5-7-15(16)20-3/h5-7,12-13,17,19H,4,8-11H2,1-3H3. The van der Waals surface area contributed by atoms with E-state index in [0.29, 0.717) is 17.2 Å². The van der Waals surface area contributed by atoms with Crippen LogP contribution in [-0.2, 0) is 0 Å². The lowest BCUT2D eigenvalue weighted by Crippen LogP contribution is -2.31. The Morgan fingerprint density at radius 1 is 1.30 bits per heavy atom. The van der Waals surface area contributed by atoms with Crippen LogP contribution < -0.4 is 10.1 Å². The highest BCUT2D eigenvalue weighted by molar-refractivity contribution is 5.37. The fourth-order valence-corrected chi connectivity index (χ4v) is 3.34. The molecule has 20 heavy (non-hydrogen) atoms. The molecule has 1 atom stereocenters. The van der Waals surface area contributed by atoms with E-state index in [-0.39, 0.29) is 11.9 Å². The number of benzene rings is 1. The summed E-state index contributed by atoms with van der Waals surface area (Å²) in [6, 6.07) is 5.16. The molecule has 0 amide bonds. The van der Waals surface area contributed by atoms with Gasteiger partial charge in [0, 0.05) is 11.6 Å². The minimum atomic E-state index is -0.158. The molecule has 3 heteroatoms. The summed E-state index contributed by atoms with van der Waals surface area (Å²) in [6.45, 7) is 5.22. The zero-order valence-corrected chi connectivity index (χ0v) is 12.8. The van der Waals surface area contributed by atoms with Crippen LogP contribution in [-0.4, -0.2) is 13.7 Å². The number of hydrogen-bond acceptors (Lipinski definition) is 2. The molecule has 0 aliphatic heterocycles. The van der Waals surface area contributed by atoms with Gasteiger partial charge >= 0.3 is 0 Å². The number of hydrogen-bond donors (Lipinski definition) is 1. The van der Waals surface area contributed by atoms with Gasteiger partial charge in [-0.25, -0.2) is 4.39 Å². The van der Waals surface area contributed by atoms with Crippen LogP contribution >= 0.6 is 0 Å². The van der Waals surface area contributed by atoms with Crippen LogP contribution in [0.15, 0.2) is 18.2 Å². The van der Waals surface area contributed by atoms with Crippen molar-refractivity contribution in [3.05, 3.63) is 29.6 Å². The van der Waals surface area contributed by atoms with Crippen LogP contribution in [0.4, 0.5) is 4.39 Å². The first-order valence-electron chi connectivity index (χ1n) is 7.73. The van der Waals surface area contributed by atoms with Gasteiger partial charge in [0.25, 0.3) is 0 Å². The third-order valence-corrected chi connectivity index (χ3v) is 4.50. The van der Waals surface area contributed by atoms with E-state index in [1.54, 1.807) is 13.2 Å². The summed E-state index contributed by atoms with van der Waals surface area (Å²) in [6.07, 6.45) is 4.80. The quantitative estimate of drug-likeness (QED) is 0.867. The molecule has 2 nitrogen and oxygen atoms in total. The molecule has 0 spiro atoms. The summed E-state index contributed by atoms with van der Waals surface area (Å²) in [5.74, 6) is 1.80. The first kappa shape index (κ1) is 15.3. The number of ether oxygens (including phenoxy) is 1. The molecule has 0 aromatic heterocycles. The fraction of sp³-hybridized carbons (Fsp3) is 0.647. The molecule has 112 valence electrons. The first-order valence-corrected chi connectivity index (χ1v) is 7.73. The second-order valence-electron chi connectivity index (χ2n) is 5.91. The molecule has 0 radical (unpaired) electrons. The Morgan fingerprint density at radius 2 is 2.00 bits per heavy atom. The highest BCUT2D eigenvalue weighted by atomic mass is 19.1. The van der Waals surface area contributed by atoms with Gasteiger partial charge in [0.1, 0.15) is 11.6 Å². The third kappa shape index (κ3) is 3.32. The largest absolute Gasteiger partial charge is 0.496 e. The monoisotopic (exact) mass is 279 g/mol. The minimum absolute atomic E-state index is 0.0589. The van der Waals surface area contributed by atoms with Crippen LogP contribution in [0.3, 0.4) is 0 Å². The molecule has 0 heterocycles. The number of halogens is 1. The van der Waals surface area contributed by atoms with Gasteiger partial charge in [-0.3, -0.25) is 0 Å². The lowest BCUT2D eigenvalue weighted by atomic mass is 9.77. The smallest absolute Gasteiger partial charge is 0.131 e. The summed E-state index contributed by atoms with van der Waals surface area (Å²) in [7, 11) is 1.62. The van der Waals surface area contributed by atoms with Gasteiger partial charge in [0.2, 0.25) is 0 Å². The van der Waals surface area contributed by atoms with E-state index in [1.165, 1.54) is 18.9 Å². The van der Waals surface area contributed by atoms with E-state index in [4.69, 9.17) is 4.74 Å². The maximum atomic E-state index is 14.3. The molecule has 0 bridgehead atoms. The lowest BCUT2D eigenvalue weighted by molar-refractivity contribution is 0.226. The Labute approximate surface area is 121 Å². The van der Waals surface area contributed by atoms with Crippen LogP contribution in [0.25, 0.3) is 0 Å². The Balaban J connectivity index is 2.28. The van der Waals surface area contributed by atoms with Gasteiger partial charge in [0.05, 0.1) is 7.11 Å². The van der Waals surface area contributed by atoms with Gasteiger partial charge in [-0.05, 0) is 43.4 Å². The predicted molar refractivity (Wildman–Crippen MR) is 80.5 cm³/mol. The summed E-state index contributed by atoms with van der Waals surface area (Å²) in [5, 5.41) is 3.48. The average molecular weight is 279 g/mol. The number of methoxy groups -OCH3 is 1. The van der Waals surface area contributed by atoms with E-state index in [0.717, 1.165) is 25.3 Å². The summed E-state index contributed by atoms with van der Waals surface area (Å²) in [5.41, 5.74) is 0.705. The molecular weight excluding hydrogens is 253 g/mol. The van der Waals surface area contributed by atoms with Crippen molar-refractivity contribution in [3.8, 4) is 5.75 Å². The number of nitrogens with one attached hydrogen (secondary N) is 1. The zero-order valence-electron chi connectivity index (χ0n) is 12.8. The topological polar surface area (TPSA) is 21.3 Å². The predicted octanol–water partition coefficient (Wildman–Crippen LogP) is 4.31. The van der Waals surface area contributed by atoms with Crippen molar-refractivity contribution in [3.63, 3.8) is 0 Å². The Morgan fingerprint density at radius 3 is 2.60 bits per heavy atom. The van der Waals surface area contributed by atoms with E-state index in [2.05, 4.69) is 19.2 Å². The molecule has 1 aliphatic carbocycles. The zero-order chi connectivity index (χ0) is 14.5. The van der Waals surface area contributed by atoms with E-state index in [9.17, 15) is 4.39 Å². The van der Waals surface area contributed by atoms with Crippen molar-refractivity contribution in [2.24, 2.45) is 11.8 Å². The van der Waals surface area contributed by atoms with Gasteiger partial charge in [-0.15, -0.1) is 0 Å². The molecule has 0 saturated heterocycles. The molecule has 1 unspecified atom stereocenters. The summed E-state index contributed by atoms with van der Waals surface area (Å²) >= 11 is 0. The molecule has 1 aromatic rings. The number of rotatable bonds is 5. The van der Waals surface area contributed by atoms with Crippen LogP contribution in [0, 0.1) is 17.7 Å². The molecular formula is C17H26FNO. The maximum Gasteiger partial charge on any atom is 0.131 e. The van der Waals surface area contributed by atoms with E-state index < -0.39 is 0 Å². The van der Waals surface area contributed by atoms with E-state index in [1.807, 2.05) is 6.07 Å². The SMILES string of the molecule is CCNC(c1c(F)cccc1OC)C1CCC(C)CC1. The molecule has 1 saturated carbocycles. The van der Waals surface area contributed by atoms with Crippen molar-refractivity contribution in [1.29, 1.82) is 0 Å². The molecule has 1 aromatic carbocycles. The van der Waals surface area contributed by atoms with Crippen molar-refractivity contribution in [2.75, 3.05) is 13.7 Å². The Kier molecular flexibility index (Phi) is 5.41. The third-order valence-electron chi connectivity index (χ3n) is 4.50. The molecule has 1 aliphatic rings. The van der Waals surface area contributed by atoms with Crippen molar-refractivity contribution < 1.29 is 9.13 Å². The van der Waals surface area contributed by atoms with E-state index >= 15 is 0 Å². The molecule has 1 fully saturated rings. The van der Waals surface area contributed by atoms with Crippen LogP contribution in [0.2, 0.25) is 0 Å². The normalized spacial score (nSPS) is 24.4. The van der Waals surface area contributed by atoms with Gasteiger partial charge in [-0.2, -0.15) is 0 Å². The van der Waals surface area contributed by atoms with Gasteiger partial charge in [-0.1, -0.05) is 32.8 Å². The van der Waals surface area contributed by atoms with Gasteiger partial charge < -0.3 is 10.1 Å². The minimum Gasteiger partial charge on any atom is -0.496 e. The lowest BCUT2D eigenvalue weighted by Gasteiger charge is -2.34. The van der Waals surface area contributed by atoms with Crippen molar-refractivity contribution in [1.82, 2.24) is 5.32 Å². The summed E-state index contributed by atoms with van der Waals surface area (Å²) in [4.78, 5) is 0. The Hall–Kier alpha value is -1.09. The van der Waals surface area contributed by atoms with Crippen LogP contribution in [0.1, 0.15) is 51.1 Å². The highest BCUT2D eigenvalue weighted by Gasteiger charge is 2.30. The Bertz CT molecular complexity index is 427.